The molecule has 3 aliphatic rings. The summed E-state index contributed by atoms with van der Waals surface area (Å²) in [5, 5.41) is 16.6. The van der Waals surface area contributed by atoms with E-state index in [1.54, 1.807) is 6.08 Å². The smallest absolute Gasteiger partial charge is 0.315 e. The third kappa shape index (κ3) is 4.64. The molecule has 2 amide bonds. The van der Waals surface area contributed by atoms with Gasteiger partial charge < -0.3 is 25.2 Å². The van der Waals surface area contributed by atoms with E-state index in [1.807, 2.05) is 6.07 Å². The third-order valence-electron chi connectivity index (χ3n) is 6.27. The summed E-state index contributed by atoms with van der Waals surface area (Å²) in [6.07, 6.45) is 3.37. The van der Waals surface area contributed by atoms with Gasteiger partial charge in [0.2, 0.25) is 0 Å². The van der Waals surface area contributed by atoms with Crippen LogP contribution in [0.3, 0.4) is 0 Å². The Morgan fingerprint density at radius 1 is 1.28 bits per heavy atom. The van der Waals surface area contributed by atoms with Crippen molar-refractivity contribution in [3.05, 3.63) is 48.6 Å². The predicted octanol–water partition coefficient (Wildman–Crippen LogP) is 1.28. The summed E-state index contributed by atoms with van der Waals surface area (Å²) >= 11 is 0. The van der Waals surface area contributed by atoms with Crippen LogP contribution in [-0.4, -0.2) is 72.9 Å². The lowest BCUT2D eigenvalue weighted by molar-refractivity contribution is -0.184. The van der Waals surface area contributed by atoms with E-state index in [2.05, 4.69) is 46.4 Å². The number of amides is 2. The Labute approximate surface area is 172 Å². The second-order valence-electron chi connectivity index (χ2n) is 8.20. The molecule has 3 saturated heterocycles. The number of nitrogens with zero attached hydrogens (tertiary/aromatic N) is 1. The molecule has 0 saturated carbocycles. The van der Waals surface area contributed by atoms with E-state index in [0.717, 1.165) is 32.4 Å². The summed E-state index contributed by atoms with van der Waals surface area (Å²) in [6, 6.07) is 9.51. The molecule has 1 aromatic rings. The molecule has 3 aliphatic heterocycles. The first-order valence-electron chi connectivity index (χ1n) is 10.5. The van der Waals surface area contributed by atoms with Crippen LogP contribution in [0.15, 0.2) is 43.0 Å². The Morgan fingerprint density at radius 3 is 2.76 bits per heavy atom. The van der Waals surface area contributed by atoms with E-state index >= 15 is 0 Å². The van der Waals surface area contributed by atoms with Gasteiger partial charge in [-0.2, -0.15) is 0 Å². The summed E-state index contributed by atoms with van der Waals surface area (Å²) in [7, 11) is 0. The van der Waals surface area contributed by atoms with Crippen LogP contribution in [0.2, 0.25) is 0 Å². The Kier molecular flexibility index (Phi) is 6.50. The molecule has 3 N–H and O–H groups in total. The van der Waals surface area contributed by atoms with E-state index in [-0.39, 0.29) is 18.2 Å². The van der Waals surface area contributed by atoms with Gasteiger partial charge in [-0.15, -0.1) is 6.58 Å². The van der Waals surface area contributed by atoms with Gasteiger partial charge in [-0.25, -0.2) is 4.79 Å². The number of nitrogens with one attached hydrogen (secondary N) is 2. The van der Waals surface area contributed by atoms with E-state index in [0.29, 0.717) is 19.1 Å². The highest BCUT2D eigenvalue weighted by Crippen LogP contribution is 2.34. The fraction of sp³-hybridized carbons (Fsp3) is 0.591. The zero-order valence-corrected chi connectivity index (χ0v) is 16.7. The maximum absolute atomic E-state index is 12.1. The number of likely N-dealkylation sites (tertiary alicyclic amines) is 1. The predicted molar refractivity (Wildman–Crippen MR) is 109 cm³/mol. The van der Waals surface area contributed by atoms with Crippen LogP contribution in [0.25, 0.3) is 0 Å². The monoisotopic (exact) mass is 401 g/mol. The number of aliphatic hydroxyl groups is 1. The molecular weight excluding hydrogens is 370 g/mol. The minimum absolute atomic E-state index is 0.267. The molecule has 2 bridgehead atoms. The van der Waals surface area contributed by atoms with Crippen molar-refractivity contribution >= 4 is 6.03 Å². The van der Waals surface area contributed by atoms with E-state index in [9.17, 15) is 9.90 Å². The van der Waals surface area contributed by atoms with Gasteiger partial charge in [-0.3, -0.25) is 4.90 Å². The van der Waals surface area contributed by atoms with Crippen molar-refractivity contribution in [2.75, 3.05) is 26.2 Å². The van der Waals surface area contributed by atoms with Crippen LogP contribution in [0, 0.1) is 5.92 Å². The molecule has 5 atom stereocenters. The van der Waals surface area contributed by atoms with Gasteiger partial charge in [-0.05, 0) is 43.8 Å². The minimum atomic E-state index is -0.735. The number of rotatable bonds is 6. The summed E-state index contributed by atoms with van der Waals surface area (Å²) in [6.45, 7) is 6.13. The topological polar surface area (TPSA) is 83.1 Å². The first-order chi connectivity index (χ1) is 14.2. The summed E-state index contributed by atoms with van der Waals surface area (Å²) in [4.78, 5) is 14.4. The molecule has 0 aliphatic carbocycles. The number of carbonyl (C=O) groups is 1. The second-order valence-corrected chi connectivity index (χ2v) is 8.20. The second kappa shape index (κ2) is 9.26. The molecule has 7 heteroatoms. The molecule has 158 valence electrons. The maximum atomic E-state index is 12.1. The molecule has 0 aromatic heterocycles. The highest BCUT2D eigenvalue weighted by Gasteiger charge is 2.52. The van der Waals surface area contributed by atoms with Crippen LogP contribution in [0.4, 0.5) is 4.79 Å². The van der Waals surface area contributed by atoms with Gasteiger partial charge in [0.25, 0.3) is 0 Å². The molecule has 0 unspecified atom stereocenters. The van der Waals surface area contributed by atoms with Crippen molar-refractivity contribution < 1.29 is 19.4 Å². The van der Waals surface area contributed by atoms with Gasteiger partial charge in [0.05, 0.1) is 24.8 Å². The van der Waals surface area contributed by atoms with Crippen molar-refractivity contribution in [2.24, 2.45) is 5.92 Å². The lowest BCUT2D eigenvalue weighted by Gasteiger charge is -2.46. The van der Waals surface area contributed by atoms with Crippen LogP contribution >= 0.6 is 0 Å². The molecule has 29 heavy (non-hydrogen) atoms. The Hall–Kier alpha value is -1.93. The average molecular weight is 402 g/mol. The van der Waals surface area contributed by atoms with Crippen molar-refractivity contribution in [3.63, 3.8) is 0 Å². The Bertz CT molecular complexity index is 693. The highest BCUT2D eigenvalue weighted by molar-refractivity contribution is 5.74. The van der Waals surface area contributed by atoms with Gasteiger partial charge in [-0.1, -0.05) is 36.4 Å². The van der Waals surface area contributed by atoms with E-state index in [1.165, 1.54) is 5.56 Å². The van der Waals surface area contributed by atoms with Gasteiger partial charge in [0.1, 0.15) is 6.10 Å². The number of benzene rings is 1. The number of fused-ring (bicyclic) bond motifs is 2. The number of ether oxygens (including phenoxy) is 2. The molecule has 4 rings (SSSR count). The first-order valence-corrected chi connectivity index (χ1v) is 10.5. The quantitative estimate of drug-likeness (QED) is 0.626. The van der Waals surface area contributed by atoms with Crippen LogP contribution in [0.1, 0.15) is 18.4 Å². The molecule has 1 aromatic carbocycles. The lowest BCUT2D eigenvalue weighted by atomic mass is 9.87. The molecule has 3 heterocycles. The van der Waals surface area contributed by atoms with Crippen molar-refractivity contribution in [1.82, 2.24) is 15.5 Å². The largest absolute Gasteiger partial charge is 0.389 e. The number of carbonyl (C=O) groups excluding carboxylic acids is 1. The molecule has 3 fully saturated rings. The van der Waals surface area contributed by atoms with E-state index < -0.39 is 18.4 Å². The van der Waals surface area contributed by atoms with Gasteiger partial charge >= 0.3 is 6.03 Å². The van der Waals surface area contributed by atoms with Crippen molar-refractivity contribution in [2.45, 2.75) is 49.8 Å². The Balaban J connectivity index is 1.35. The first kappa shape index (κ1) is 20.3. The average Bonchev–Trinajstić information content (AvgIpc) is 3.17. The minimum Gasteiger partial charge on any atom is -0.389 e. The number of urea groups is 1. The molecule has 0 spiro atoms. The van der Waals surface area contributed by atoms with Gasteiger partial charge in [0, 0.05) is 6.54 Å². The fourth-order valence-electron chi connectivity index (χ4n) is 4.74. The SMILES string of the molecule is C=CCNC(=O)N[C@H]1[C@H](O)[C@@H](N2CCC(Cc3ccccc3)CC2)[C@@H]2OC[C@H]1O2. The third-order valence-corrected chi connectivity index (χ3v) is 6.27. The zero-order valence-electron chi connectivity index (χ0n) is 16.7. The normalized spacial score (nSPS) is 32.7. The summed E-state index contributed by atoms with van der Waals surface area (Å²) in [5.41, 5.74) is 1.38. The fourth-order valence-corrected chi connectivity index (χ4v) is 4.74. The molecular formula is C22H31N3O4. The molecule has 7 nitrogen and oxygen atoms in total. The van der Waals surface area contributed by atoms with Crippen molar-refractivity contribution in [1.29, 1.82) is 0 Å². The standard InChI is InChI=1S/C22H31N3O4/c1-2-10-23-22(27)24-18-17-14-28-21(29-17)19(20(18)26)25-11-8-16(9-12-25)13-15-6-4-3-5-7-15/h2-7,16-21,26H,1,8-14H2,(H2,23,24,27)/t17-,18-,19-,20+,21-/m1/s1. The zero-order chi connectivity index (χ0) is 20.2. The lowest BCUT2D eigenvalue weighted by Crippen LogP contribution is -2.66. The van der Waals surface area contributed by atoms with Crippen LogP contribution < -0.4 is 10.6 Å². The summed E-state index contributed by atoms with van der Waals surface area (Å²) in [5.74, 6) is 0.645. The van der Waals surface area contributed by atoms with E-state index in [4.69, 9.17) is 9.47 Å². The number of aliphatic hydroxyl groups excluding tert-OH is 1. The maximum Gasteiger partial charge on any atom is 0.315 e. The Morgan fingerprint density at radius 2 is 2.03 bits per heavy atom. The van der Waals surface area contributed by atoms with Crippen LogP contribution in [-0.2, 0) is 15.9 Å². The number of hydrogen-bond donors (Lipinski definition) is 3. The van der Waals surface area contributed by atoms with Gasteiger partial charge in [0.15, 0.2) is 6.29 Å². The van der Waals surface area contributed by atoms with Crippen molar-refractivity contribution in [3.8, 4) is 0 Å². The summed E-state index contributed by atoms with van der Waals surface area (Å²) < 4.78 is 11.8. The number of piperidine rings is 1. The van der Waals surface area contributed by atoms with Crippen LogP contribution in [0.5, 0.6) is 0 Å². The number of hydrogen-bond acceptors (Lipinski definition) is 5. The highest BCUT2D eigenvalue weighted by atomic mass is 16.7. The molecule has 0 radical (unpaired) electrons.